The summed E-state index contributed by atoms with van der Waals surface area (Å²) in [6, 6.07) is 56.4. The maximum absolute atomic E-state index is 7.35. The molecule has 6 aromatic carbocycles. The Kier molecular flexibility index (Phi) is 13.2. The van der Waals surface area contributed by atoms with E-state index < -0.39 is 30.5 Å². The SMILES string of the molecule is Cc1cccc2c([C@@H]3O[C@H](COCc4ccccc4)[C@@H](OCc4ccccc4)[C@H](OCc4ccccc4)[C@H]3OCc3ccccc3)cn(Cc3ccc(I)cc3)c12. The Balaban J connectivity index is 1.22. The molecule has 0 aliphatic carbocycles. The molecule has 1 fully saturated rings. The van der Waals surface area contributed by atoms with Gasteiger partial charge in [-0.25, -0.2) is 0 Å². The standard InChI is InChI=1S/C50H48INO5/c1-36-15-14-24-43-44(30-52(46(36)43)29-37-25-27-42(51)28-26-37)47-49(55-33-40-20-10-4-11-21-40)50(56-34-41-22-12-5-13-23-41)48(54-32-39-18-8-3-9-19-39)45(57-47)35-53-31-38-16-6-2-7-17-38/h2-28,30,45,47-50H,29,31-35H2,1H3/t45-,47+,48-,49+,50+/m1/s1. The molecule has 7 aromatic rings. The number of aryl methyl sites for hydroxylation is 1. The lowest BCUT2D eigenvalue weighted by molar-refractivity contribution is -0.274. The second-order valence-corrected chi connectivity index (χ2v) is 15.9. The Morgan fingerprint density at radius 2 is 1.04 bits per heavy atom. The molecule has 0 bridgehead atoms. The van der Waals surface area contributed by atoms with E-state index >= 15 is 0 Å². The predicted octanol–water partition coefficient (Wildman–Crippen LogP) is 11.0. The lowest BCUT2D eigenvalue weighted by Crippen LogP contribution is -2.58. The van der Waals surface area contributed by atoms with Crippen molar-refractivity contribution in [1.82, 2.24) is 4.57 Å². The molecule has 5 atom stereocenters. The highest BCUT2D eigenvalue weighted by molar-refractivity contribution is 14.1. The number of aromatic nitrogens is 1. The van der Waals surface area contributed by atoms with Gasteiger partial charge in [-0.2, -0.15) is 0 Å². The van der Waals surface area contributed by atoms with Crippen molar-refractivity contribution in [3.63, 3.8) is 0 Å². The normalized spacial score (nSPS) is 19.5. The first-order chi connectivity index (χ1) is 28.1. The van der Waals surface area contributed by atoms with Crippen molar-refractivity contribution in [2.24, 2.45) is 0 Å². The van der Waals surface area contributed by atoms with Crippen molar-refractivity contribution in [2.45, 2.75) is 70.4 Å². The number of fused-ring (bicyclic) bond motifs is 1. The third kappa shape index (κ3) is 9.92. The molecular weight excluding hydrogens is 821 g/mol. The van der Waals surface area contributed by atoms with Gasteiger partial charge in [0.15, 0.2) is 0 Å². The van der Waals surface area contributed by atoms with Crippen molar-refractivity contribution in [1.29, 1.82) is 0 Å². The van der Waals surface area contributed by atoms with Crippen LogP contribution >= 0.6 is 22.6 Å². The summed E-state index contributed by atoms with van der Waals surface area (Å²) in [6.07, 6.45) is -0.263. The molecule has 57 heavy (non-hydrogen) atoms. The predicted molar refractivity (Wildman–Crippen MR) is 234 cm³/mol. The lowest BCUT2D eigenvalue weighted by Gasteiger charge is -2.46. The molecule has 8 rings (SSSR count). The van der Waals surface area contributed by atoms with Crippen LogP contribution in [0.15, 0.2) is 170 Å². The molecule has 0 N–H and O–H groups in total. The van der Waals surface area contributed by atoms with E-state index in [4.69, 9.17) is 23.7 Å². The molecule has 1 aliphatic rings. The fourth-order valence-corrected chi connectivity index (χ4v) is 8.11. The molecule has 0 amide bonds. The average molecular weight is 870 g/mol. The van der Waals surface area contributed by atoms with Gasteiger partial charge in [-0.15, -0.1) is 0 Å². The molecular formula is C50H48INO5. The van der Waals surface area contributed by atoms with Gasteiger partial charge in [0.25, 0.3) is 0 Å². The largest absolute Gasteiger partial charge is 0.374 e. The van der Waals surface area contributed by atoms with Crippen LogP contribution in [-0.4, -0.2) is 35.6 Å². The van der Waals surface area contributed by atoms with E-state index in [0.717, 1.165) is 39.7 Å². The number of halogens is 1. The van der Waals surface area contributed by atoms with Crippen LogP contribution in [0.25, 0.3) is 10.9 Å². The summed E-state index contributed by atoms with van der Waals surface area (Å²) in [4.78, 5) is 0. The van der Waals surface area contributed by atoms with Gasteiger partial charge >= 0.3 is 0 Å². The zero-order valence-corrected chi connectivity index (χ0v) is 34.3. The quantitative estimate of drug-likeness (QED) is 0.0906. The maximum Gasteiger partial charge on any atom is 0.117 e. The smallest absolute Gasteiger partial charge is 0.117 e. The molecule has 1 aliphatic heterocycles. The van der Waals surface area contributed by atoms with Crippen molar-refractivity contribution in [3.8, 4) is 0 Å². The number of ether oxygens (including phenoxy) is 5. The van der Waals surface area contributed by atoms with E-state index in [2.05, 4.69) is 131 Å². The Hall–Kier alpha value is -4.61. The molecule has 0 unspecified atom stereocenters. The van der Waals surface area contributed by atoms with Gasteiger partial charge in [-0.1, -0.05) is 152 Å². The van der Waals surface area contributed by atoms with Crippen LogP contribution in [-0.2, 0) is 56.7 Å². The first-order valence-electron chi connectivity index (χ1n) is 19.7. The Bertz CT molecular complexity index is 2280. The number of hydrogen-bond acceptors (Lipinski definition) is 5. The van der Waals surface area contributed by atoms with Gasteiger partial charge in [0, 0.05) is 27.3 Å². The molecule has 2 heterocycles. The van der Waals surface area contributed by atoms with Crippen molar-refractivity contribution in [2.75, 3.05) is 6.61 Å². The third-order valence-corrected chi connectivity index (χ3v) is 11.3. The van der Waals surface area contributed by atoms with Crippen LogP contribution in [0.4, 0.5) is 0 Å². The zero-order valence-electron chi connectivity index (χ0n) is 32.2. The number of rotatable bonds is 16. The summed E-state index contributed by atoms with van der Waals surface area (Å²) >= 11 is 2.36. The van der Waals surface area contributed by atoms with Gasteiger partial charge in [0.2, 0.25) is 0 Å². The highest BCUT2D eigenvalue weighted by atomic mass is 127. The van der Waals surface area contributed by atoms with E-state index in [0.29, 0.717) is 33.0 Å². The fraction of sp³-hybridized carbons (Fsp3) is 0.240. The minimum Gasteiger partial charge on any atom is -0.374 e. The minimum atomic E-state index is -0.530. The molecule has 6 nitrogen and oxygen atoms in total. The molecule has 290 valence electrons. The number of hydrogen-bond donors (Lipinski definition) is 0. The lowest BCUT2D eigenvalue weighted by atomic mass is 9.90. The van der Waals surface area contributed by atoms with Crippen LogP contribution < -0.4 is 0 Å². The molecule has 0 radical (unpaired) electrons. The van der Waals surface area contributed by atoms with Crippen LogP contribution in [0, 0.1) is 10.5 Å². The second kappa shape index (κ2) is 19.2. The summed E-state index contributed by atoms with van der Waals surface area (Å²) in [5.41, 5.74) is 8.98. The topological polar surface area (TPSA) is 51.1 Å². The van der Waals surface area contributed by atoms with E-state index in [-0.39, 0.29) is 0 Å². The van der Waals surface area contributed by atoms with Crippen molar-refractivity contribution < 1.29 is 23.7 Å². The molecule has 7 heteroatoms. The zero-order chi connectivity index (χ0) is 38.8. The summed E-state index contributed by atoms with van der Waals surface area (Å²) in [6.45, 7) is 4.83. The van der Waals surface area contributed by atoms with E-state index in [9.17, 15) is 0 Å². The fourth-order valence-electron chi connectivity index (χ4n) is 7.75. The number of benzene rings is 6. The molecule has 0 spiro atoms. The van der Waals surface area contributed by atoms with Crippen LogP contribution in [0.5, 0.6) is 0 Å². The van der Waals surface area contributed by atoms with E-state index in [1.165, 1.54) is 20.2 Å². The Morgan fingerprint density at radius 3 is 1.60 bits per heavy atom. The second-order valence-electron chi connectivity index (χ2n) is 14.7. The van der Waals surface area contributed by atoms with Gasteiger partial charge in [0.1, 0.15) is 30.5 Å². The Morgan fingerprint density at radius 1 is 0.526 bits per heavy atom. The van der Waals surface area contributed by atoms with Crippen LogP contribution in [0.1, 0.15) is 45.0 Å². The number of para-hydroxylation sites is 1. The van der Waals surface area contributed by atoms with Gasteiger partial charge in [0.05, 0.1) is 38.6 Å². The molecule has 1 saturated heterocycles. The van der Waals surface area contributed by atoms with Crippen LogP contribution in [0.3, 0.4) is 0 Å². The van der Waals surface area contributed by atoms with Crippen LogP contribution in [0.2, 0.25) is 0 Å². The van der Waals surface area contributed by atoms with Gasteiger partial charge < -0.3 is 28.3 Å². The Labute approximate surface area is 349 Å². The molecule has 1 aromatic heterocycles. The average Bonchev–Trinajstić information content (AvgIpc) is 3.62. The summed E-state index contributed by atoms with van der Waals surface area (Å²) in [7, 11) is 0. The minimum absolute atomic E-state index is 0.307. The summed E-state index contributed by atoms with van der Waals surface area (Å²) in [5, 5.41) is 1.13. The highest BCUT2D eigenvalue weighted by Crippen LogP contribution is 2.42. The maximum atomic E-state index is 7.35. The van der Waals surface area contributed by atoms with Crippen molar-refractivity contribution in [3.05, 3.63) is 213 Å². The summed E-state index contributed by atoms with van der Waals surface area (Å²) in [5.74, 6) is 0. The summed E-state index contributed by atoms with van der Waals surface area (Å²) < 4.78 is 38.5. The third-order valence-electron chi connectivity index (χ3n) is 10.6. The highest BCUT2D eigenvalue weighted by Gasteiger charge is 2.49. The molecule has 0 saturated carbocycles. The van der Waals surface area contributed by atoms with Gasteiger partial charge in [-0.3, -0.25) is 0 Å². The monoisotopic (exact) mass is 869 g/mol. The number of nitrogens with zero attached hydrogens (tertiary/aromatic N) is 1. The first kappa shape index (κ1) is 39.2. The van der Waals surface area contributed by atoms with E-state index in [1.807, 2.05) is 72.8 Å². The first-order valence-corrected chi connectivity index (χ1v) is 20.7. The van der Waals surface area contributed by atoms with E-state index in [1.54, 1.807) is 0 Å². The van der Waals surface area contributed by atoms with Crippen molar-refractivity contribution >= 4 is 33.5 Å². The van der Waals surface area contributed by atoms with Gasteiger partial charge in [-0.05, 0) is 75.0 Å².